The molecule has 0 saturated heterocycles. The molecular weight excluding hydrogens is 364 g/mol. The summed E-state index contributed by atoms with van der Waals surface area (Å²) in [5, 5.41) is 12.0. The van der Waals surface area contributed by atoms with Gasteiger partial charge < -0.3 is 9.84 Å². The zero-order chi connectivity index (χ0) is 19.0. The second-order valence-electron chi connectivity index (χ2n) is 7.19. The van der Waals surface area contributed by atoms with E-state index in [-0.39, 0.29) is 5.91 Å². The fraction of sp³-hybridized carbons (Fsp3) is 0.350. The van der Waals surface area contributed by atoms with Crippen LogP contribution in [0.2, 0.25) is 5.02 Å². The van der Waals surface area contributed by atoms with Crippen LogP contribution in [0.3, 0.4) is 0 Å². The van der Waals surface area contributed by atoms with Gasteiger partial charge in [0, 0.05) is 28.8 Å². The molecule has 1 aliphatic rings. The molecule has 1 atom stereocenters. The Morgan fingerprint density at radius 2 is 2.26 bits per heavy atom. The summed E-state index contributed by atoms with van der Waals surface area (Å²) in [4.78, 5) is 12.7. The minimum absolute atomic E-state index is 0.276. The molecule has 6 nitrogen and oxygen atoms in total. The zero-order valence-electron chi connectivity index (χ0n) is 15.3. The van der Waals surface area contributed by atoms with Crippen molar-refractivity contribution in [2.75, 3.05) is 5.32 Å². The SMILES string of the molecule is Cc1cc(NC(=O)c2noc3c2CC(C)CC3)nn1Cc1cccc(Cl)c1. The lowest BCUT2D eigenvalue weighted by atomic mass is 9.88. The Kier molecular flexibility index (Phi) is 4.74. The molecule has 2 heterocycles. The predicted octanol–water partition coefficient (Wildman–Crippen LogP) is 4.26. The second-order valence-corrected chi connectivity index (χ2v) is 7.63. The number of nitrogens with one attached hydrogen (secondary N) is 1. The molecule has 7 heteroatoms. The standard InChI is InChI=1S/C20H21ClN4O2/c1-12-6-7-17-16(8-12)19(24-27-17)20(26)22-18-9-13(2)25(23-18)11-14-4-3-5-15(21)10-14/h3-5,9-10,12H,6-8,11H2,1-2H3,(H,22,23,26). The van der Waals surface area contributed by atoms with Crippen LogP contribution in [-0.4, -0.2) is 20.8 Å². The van der Waals surface area contributed by atoms with Crippen LogP contribution in [0.4, 0.5) is 5.82 Å². The third-order valence-corrected chi connectivity index (χ3v) is 5.18. The third kappa shape index (κ3) is 3.76. The summed E-state index contributed by atoms with van der Waals surface area (Å²) in [6.45, 7) is 4.71. The topological polar surface area (TPSA) is 73.0 Å². The number of aryl methyl sites for hydroxylation is 2. The summed E-state index contributed by atoms with van der Waals surface area (Å²) in [5.41, 5.74) is 3.30. The normalized spacial score (nSPS) is 16.2. The largest absolute Gasteiger partial charge is 0.360 e. The number of amides is 1. The van der Waals surface area contributed by atoms with Crippen molar-refractivity contribution in [2.24, 2.45) is 5.92 Å². The molecule has 3 aromatic rings. The minimum atomic E-state index is -0.276. The summed E-state index contributed by atoms with van der Waals surface area (Å²) >= 11 is 6.05. The van der Waals surface area contributed by atoms with Gasteiger partial charge in [0.25, 0.3) is 5.91 Å². The van der Waals surface area contributed by atoms with Gasteiger partial charge in [0.05, 0.1) is 6.54 Å². The second kappa shape index (κ2) is 7.19. The molecule has 1 N–H and O–H groups in total. The number of hydrogen-bond donors (Lipinski definition) is 1. The minimum Gasteiger partial charge on any atom is -0.360 e. The lowest BCUT2D eigenvalue weighted by Crippen LogP contribution is -2.18. The maximum Gasteiger partial charge on any atom is 0.279 e. The van der Waals surface area contributed by atoms with Crippen molar-refractivity contribution in [3.8, 4) is 0 Å². The summed E-state index contributed by atoms with van der Waals surface area (Å²) in [6.07, 6.45) is 2.73. The maximum atomic E-state index is 12.7. The van der Waals surface area contributed by atoms with E-state index >= 15 is 0 Å². The number of hydrogen-bond acceptors (Lipinski definition) is 4. The van der Waals surface area contributed by atoms with Crippen LogP contribution in [0.15, 0.2) is 34.9 Å². The Hall–Kier alpha value is -2.60. The first-order valence-corrected chi connectivity index (χ1v) is 9.45. The molecule has 1 unspecified atom stereocenters. The number of rotatable bonds is 4. The van der Waals surface area contributed by atoms with Crippen molar-refractivity contribution >= 4 is 23.3 Å². The van der Waals surface area contributed by atoms with E-state index in [2.05, 4.69) is 22.5 Å². The smallest absolute Gasteiger partial charge is 0.279 e. The van der Waals surface area contributed by atoms with E-state index in [1.165, 1.54) is 0 Å². The van der Waals surface area contributed by atoms with E-state index in [0.717, 1.165) is 41.8 Å². The molecule has 0 spiro atoms. The van der Waals surface area contributed by atoms with E-state index in [1.807, 2.05) is 41.9 Å². The predicted molar refractivity (Wildman–Crippen MR) is 103 cm³/mol. The molecule has 27 heavy (non-hydrogen) atoms. The summed E-state index contributed by atoms with van der Waals surface area (Å²) < 4.78 is 7.20. The average Bonchev–Trinajstić information content (AvgIpc) is 3.18. The van der Waals surface area contributed by atoms with E-state index in [4.69, 9.17) is 16.1 Å². The number of fused-ring (bicyclic) bond motifs is 1. The lowest BCUT2D eigenvalue weighted by molar-refractivity contribution is 0.101. The van der Waals surface area contributed by atoms with Gasteiger partial charge in [-0.3, -0.25) is 9.48 Å². The molecule has 0 bridgehead atoms. The van der Waals surface area contributed by atoms with Crippen molar-refractivity contribution in [2.45, 2.75) is 39.7 Å². The van der Waals surface area contributed by atoms with E-state index in [9.17, 15) is 4.79 Å². The molecule has 140 valence electrons. The molecule has 1 amide bonds. The number of halogens is 1. The summed E-state index contributed by atoms with van der Waals surface area (Å²) in [7, 11) is 0. The van der Waals surface area contributed by atoms with Gasteiger partial charge in [-0.25, -0.2) is 0 Å². The molecule has 1 aromatic carbocycles. The quantitative estimate of drug-likeness (QED) is 0.729. The van der Waals surface area contributed by atoms with E-state index in [0.29, 0.717) is 29.0 Å². The van der Waals surface area contributed by atoms with Crippen molar-refractivity contribution in [3.63, 3.8) is 0 Å². The summed E-state index contributed by atoms with van der Waals surface area (Å²) in [6, 6.07) is 9.50. The molecule has 4 rings (SSSR count). The Bertz CT molecular complexity index is 992. The van der Waals surface area contributed by atoms with Crippen molar-refractivity contribution in [1.82, 2.24) is 14.9 Å². The number of carbonyl (C=O) groups excluding carboxylic acids is 1. The van der Waals surface area contributed by atoms with Gasteiger partial charge in [0.15, 0.2) is 11.5 Å². The van der Waals surface area contributed by atoms with Crippen LogP contribution in [0, 0.1) is 12.8 Å². The van der Waals surface area contributed by atoms with Crippen LogP contribution in [-0.2, 0) is 19.4 Å². The van der Waals surface area contributed by atoms with Crippen LogP contribution in [0.1, 0.15) is 46.4 Å². The fourth-order valence-electron chi connectivity index (χ4n) is 3.47. The van der Waals surface area contributed by atoms with Crippen LogP contribution in [0.5, 0.6) is 0 Å². The van der Waals surface area contributed by atoms with Crippen LogP contribution >= 0.6 is 11.6 Å². The Morgan fingerprint density at radius 3 is 3.07 bits per heavy atom. The van der Waals surface area contributed by atoms with Gasteiger partial charge in [-0.2, -0.15) is 5.10 Å². The average molecular weight is 385 g/mol. The maximum absolute atomic E-state index is 12.7. The Labute approximate surface area is 162 Å². The number of benzene rings is 1. The number of anilines is 1. The van der Waals surface area contributed by atoms with Gasteiger partial charge in [0.1, 0.15) is 5.76 Å². The Morgan fingerprint density at radius 1 is 1.41 bits per heavy atom. The zero-order valence-corrected chi connectivity index (χ0v) is 16.1. The first-order valence-electron chi connectivity index (χ1n) is 9.07. The molecule has 0 radical (unpaired) electrons. The molecule has 1 aliphatic carbocycles. The van der Waals surface area contributed by atoms with Crippen LogP contribution < -0.4 is 5.32 Å². The van der Waals surface area contributed by atoms with Crippen molar-refractivity contribution in [1.29, 1.82) is 0 Å². The first kappa shape index (κ1) is 17.8. The highest BCUT2D eigenvalue weighted by atomic mass is 35.5. The number of nitrogens with zero attached hydrogens (tertiary/aromatic N) is 3. The molecule has 2 aromatic heterocycles. The fourth-order valence-corrected chi connectivity index (χ4v) is 3.68. The number of carbonyl (C=O) groups is 1. The highest BCUT2D eigenvalue weighted by Gasteiger charge is 2.27. The van der Waals surface area contributed by atoms with Gasteiger partial charge >= 0.3 is 0 Å². The Balaban J connectivity index is 1.50. The monoisotopic (exact) mass is 384 g/mol. The van der Waals surface area contributed by atoms with Gasteiger partial charge in [-0.15, -0.1) is 0 Å². The molecular formula is C20H21ClN4O2. The van der Waals surface area contributed by atoms with Gasteiger partial charge in [-0.05, 0) is 43.4 Å². The molecule has 0 aliphatic heterocycles. The third-order valence-electron chi connectivity index (χ3n) is 4.95. The van der Waals surface area contributed by atoms with Crippen LogP contribution in [0.25, 0.3) is 0 Å². The highest BCUT2D eigenvalue weighted by molar-refractivity contribution is 6.30. The van der Waals surface area contributed by atoms with Crippen molar-refractivity contribution < 1.29 is 9.32 Å². The molecule has 0 saturated carbocycles. The van der Waals surface area contributed by atoms with Gasteiger partial charge in [0.2, 0.25) is 0 Å². The lowest BCUT2D eigenvalue weighted by Gasteiger charge is -2.16. The first-order chi connectivity index (χ1) is 13.0. The molecule has 0 fully saturated rings. The number of aromatic nitrogens is 3. The van der Waals surface area contributed by atoms with Gasteiger partial charge in [-0.1, -0.05) is 35.8 Å². The van der Waals surface area contributed by atoms with E-state index in [1.54, 1.807) is 0 Å². The van der Waals surface area contributed by atoms with Crippen molar-refractivity contribution in [3.05, 3.63) is 63.6 Å². The highest BCUT2D eigenvalue weighted by Crippen LogP contribution is 2.28. The summed E-state index contributed by atoms with van der Waals surface area (Å²) in [5.74, 6) is 1.59. The van der Waals surface area contributed by atoms with E-state index < -0.39 is 0 Å².